The van der Waals surface area contributed by atoms with Gasteiger partial charge < -0.3 is 10.1 Å². The molecular weight excluding hydrogens is 270 g/mol. The average Bonchev–Trinajstić information content (AvgIpc) is 2.97. The molecule has 0 spiro atoms. The minimum Gasteiger partial charge on any atom is -0.444 e. The highest BCUT2D eigenvalue weighted by Crippen LogP contribution is 2.18. The minimum atomic E-state index is -1.41. The highest BCUT2D eigenvalue weighted by molar-refractivity contribution is 6.13. The van der Waals surface area contributed by atoms with Crippen molar-refractivity contribution < 1.29 is 19.1 Å². The van der Waals surface area contributed by atoms with Gasteiger partial charge in [0.2, 0.25) is 11.9 Å². The fourth-order valence-electron chi connectivity index (χ4n) is 2.49. The van der Waals surface area contributed by atoms with E-state index in [9.17, 15) is 14.4 Å². The van der Waals surface area contributed by atoms with Crippen LogP contribution in [0.5, 0.6) is 0 Å². The fraction of sp³-hybridized carbons (Fsp3) is 0.438. The van der Waals surface area contributed by atoms with E-state index in [0.717, 1.165) is 25.7 Å². The second kappa shape index (κ2) is 7.02. The van der Waals surface area contributed by atoms with Crippen molar-refractivity contribution in [2.75, 3.05) is 0 Å². The van der Waals surface area contributed by atoms with Crippen molar-refractivity contribution in [3.63, 3.8) is 0 Å². The molecule has 1 aliphatic rings. The van der Waals surface area contributed by atoms with Gasteiger partial charge in [0.15, 0.2) is 0 Å². The predicted octanol–water partition coefficient (Wildman–Crippen LogP) is 1.86. The maximum Gasteiger partial charge on any atom is 0.303 e. The molecule has 112 valence electrons. The number of esters is 1. The molecule has 1 amide bonds. The molecule has 2 rings (SSSR count). The molecule has 0 aliphatic heterocycles. The van der Waals surface area contributed by atoms with E-state index < -0.39 is 23.8 Å². The summed E-state index contributed by atoms with van der Waals surface area (Å²) in [6, 6.07) is 8.44. The third-order valence-electron chi connectivity index (χ3n) is 3.52. The second-order valence-corrected chi connectivity index (χ2v) is 5.21. The normalized spacial score (nSPS) is 16.2. The van der Waals surface area contributed by atoms with Gasteiger partial charge >= 0.3 is 5.97 Å². The first-order valence-corrected chi connectivity index (χ1v) is 7.15. The summed E-state index contributed by atoms with van der Waals surface area (Å²) in [6.07, 6.45) is 2.52. The molecule has 5 nitrogen and oxygen atoms in total. The number of ketones is 1. The van der Waals surface area contributed by atoms with E-state index in [2.05, 4.69) is 5.32 Å². The van der Waals surface area contributed by atoms with E-state index in [-0.39, 0.29) is 6.04 Å². The van der Waals surface area contributed by atoms with Crippen molar-refractivity contribution in [1.82, 2.24) is 5.32 Å². The Morgan fingerprint density at radius 1 is 1.14 bits per heavy atom. The van der Waals surface area contributed by atoms with Crippen LogP contribution in [0.4, 0.5) is 0 Å². The van der Waals surface area contributed by atoms with Gasteiger partial charge in [-0.1, -0.05) is 43.2 Å². The zero-order valence-corrected chi connectivity index (χ0v) is 12.0. The van der Waals surface area contributed by atoms with Crippen molar-refractivity contribution in [3.05, 3.63) is 35.9 Å². The monoisotopic (exact) mass is 289 g/mol. The van der Waals surface area contributed by atoms with Crippen molar-refractivity contribution in [2.45, 2.75) is 44.8 Å². The van der Waals surface area contributed by atoms with Crippen molar-refractivity contribution in [3.8, 4) is 0 Å². The molecule has 0 radical (unpaired) electrons. The number of carbonyl (C=O) groups excluding carboxylic acids is 3. The van der Waals surface area contributed by atoms with E-state index >= 15 is 0 Å². The van der Waals surface area contributed by atoms with Gasteiger partial charge in [0.1, 0.15) is 0 Å². The molecule has 1 saturated carbocycles. The van der Waals surface area contributed by atoms with Crippen molar-refractivity contribution in [2.24, 2.45) is 0 Å². The third kappa shape index (κ3) is 4.15. The standard InChI is InChI=1S/C16H19NO4/c1-11(18)21-15(14(19)12-7-3-2-4-8-12)16(20)17-13-9-5-6-10-13/h2-4,7-8,13,15H,5-6,9-10H2,1H3,(H,17,20). The van der Waals surface area contributed by atoms with E-state index in [1.165, 1.54) is 6.92 Å². The number of nitrogens with one attached hydrogen (secondary N) is 1. The van der Waals surface area contributed by atoms with E-state index in [0.29, 0.717) is 5.56 Å². The Balaban J connectivity index is 2.11. The molecule has 1 aromatic rings. The fourth-order valence-corrected chi connectivity index (χ4v) is 2.49. The Morgan fingerprint density at radius 2 is 1.76 bits per heavy atom. The lowest BCUT2D eigenvalue weighted by molar-refractivity contribution is -0.151. The molecular formula is C16H19NO4. The van der Waals surface area contributed by atoms with Crippen LogP contribution in [0.1, 0.15) is 43.0 Å². The van der Waals surface area contributed by atoms with Crippen molar-refractivity contribution in [1.29, 1.82) is 0 Å². The summed E-state index contributed by atoms with van der Waals surface area (Å²) < 4.78 is 4.94. The quantitative estimate of drug-likeness (QED) is 0.510. The topological polar surface area (TPSA) is 72.5 Å². The van der Waals surface area contributed by atoms with Gasteiger partial charge in [0.25, 0.3) is 5.91 Å². The lowest BCUT2D eigenvalue weighted by Gasteiger charge is -2.18. The SMILES string of the molecule is CC(=O)OC(C(=O)NC1CCCC1)C(=O)c1ccccc1. The second-order valence-electron chi connectivity index (χ2n) is 5.21. The molecule has 0 saturated heterocycles. The maximum atomic E-state index is 12.4. The number of Topliss-reactive ketones (excluding diaryl/α,β-unsaturated/α-hetero) is 1. The molecule has 0 bridgehead atoms. The maximum absolute atomic E-state index is 12.4. The molecule has 0 aromatic heterocycles. The average molecular weight is 289 g/mol. The summed E-state index contributed by atoms with van der Waals surface area (Å²) in [7, 11) is 0. The molecule has 1 fully saturated rings. The Morgan fingerprint density at radius 3 is 2.33 bits per heavy atom. The number of hydrogen-bond donors (Lipinski definition) is 1. The van der Waals surface area contributed by atoms with Gasteiger partial charge in [0, 0.05) is 18.5 Å². The van der Waals surface area contributed by atoms with Crippen LogP contribution in [0.25, 0.3) is 0 Å². The van der Waals surface area contributed by atoms with Gasteiger partial charge in [-0.3, -0.25) is 14.4 Å². The van der Waals surface area contributed by atoms with E-state index in [1.54, 1.807) is 30.3 Å². The number of rotatable bonds is 5. The number of ether oxygens (including phenoxy) is 1. The zero-order valence-electron chi connectivity index (χ0n) is 12.0. The molecule has 1 N–H and O–H groups in total. The lowest BCUT2D eigenvalue weighted by Crippen LogP contribution is -2.46. The largest absolute Gasteiger partial charge is 0.444 e. The van der Waals surface area contributed by atoms with Gasteiger partial charge in [-0.2, -0.15) is 0 Å². The smallest absolute Gasteiger partial charge is 0.303 e. The summed E-state index contributed by atoms with van der Waals surface area (Å²) in [6.45, 7) is 1.19. The Hall–Kier alpha value is -2.17. The van der Waals surface area contributed by atoms with Gasteiger partial charge in [-0.15, -0.1) is 0 Å². The lowest BCUT2D eigenvalue weighted by atomic mass is 10.1. The van der Waals surface area contributed by atoms with Crippen LogP contribution in [-0.4, -0.2) is 29.8 Å². The highest BCUT2D eigenvalue weighted by atomic mass is 16.5. The van der Waals surface area contributed by atoms with Gasteiger partial charge in [-0.25, -0.2) is 0 Å². The first-order chi connectivity index (χ1) is 10.1. The molecule has 5 heteroatoms. The number of benzene rings is 1. The first kappa shape index (κ1) is 15.2. The van der Waals surface area contributed by atoms with Crippen molar-refractivity contribution >= 4 is 17.7 Å². The van der Waals surface area contributed by atoms with Crippen LogP contribution in [0.3, 0.4) is 0 Å². The Labute approximate surface area is 123 Å². The number of hydrogen-bond acceptors (Lipinski definition) is 4. The van der Waals surface area contributed by atoms with Crippen LogP contribution in [0.2, 0.25) is 0 Å². The molecule has 1 aliphatic carbocycles. The molecule has 0 heterocycles. The van der Waals surface area contributed by atoms with Crippen LogP contribution in [-0.2, 0) is 14.3 Å². The van der Waals surface area contributed by atoms with E-state index in [4.69, 9.17) is 4.74 Å². The Kier molecular flexibility index (Phi) is 5.09. The van der Waals surface area contributed by atoms with E-state index in [1.807, 2.05) is 0 Å². The predicted molar refractivity (Wildman–Crippen MR) is 76.7 cm³/mol. The summed E-state index contributed by atoms with van der Waals surface area (Å²) in [5.41, 5.74) is 0.352. The molecule has 1 aromatic carbocycles. The minimum absolute atomic E-state index is 0.0686. The summed E-state index contributed by atoms with van der Waals surface area (Å²) in [4.78, 5) is 35.8. The molecule has 1 unspecified atom stereocenters. The number of carbonyl (C=O) groups is 3. The number of amides is 1. The van der Waals surface area contributed by atoms with Gasteiger partial charge in [-0.05, 0) is 12.8 Å². The summed E-state index contributed by atoms with van der Waals surface area (Å²) in [5.74, 6) is -1.68. The molecule has 21 heavy (non-hydrogen) atoms. The highest BCUT2D eigenvalue weighted by Gasteiger charge is 2.32. The van der Waals surface area contributed by atoms with Crippen LogP contribution >= 0.6 is 0 Å². The molecule has 1 atom stereocenters. The van der Waals surface area contributed by atoms with Crippen LogP contribution < -0.4 is 5.32 Å². The van der Waals surface area contributed by atoms with Gasteiger partial charge in [0.05, 0.1) is 0 Å². The summed E-state index contributed by atoms with van der Waals surface area (Å²) in [5, 5.41) is 2.80. The summed E-state index contributed by atoms with van der Waals surface area (Å²) >= 11 is 0. The third-order valence-corrected chi connectivity index (χ3v) is 3.52. The Bertz CT molecular complexity index is 520. The zero-order chi connectivity index (χ0) is 15.2. The van der Waals surface area contributed by atoms with Crippen LogP contribution in [0.15, 0.2) is 30.3 Å². The first-order valence-electron chi connectivity index (χ1n) is 7.15. The van der Waals surface area contributed by atoms with Crippen LogP contribution in [0, 0.1) is 0 Å².